The third-order valence-electron chi connectivity index (χ3n) is 3.52. The van der Waals surface area contributed by atoms with E-state index in [0.29, 0.717) is 0 Å². The maximum absolute atomic E-state index is 5.69. The summed E-state index contributed by atoms with van der Waals surface area (Å²) in [5.41, 5.74) is 3.90. The van der Waals surface area contributed by atoms with Gasteiger partial charge in [-0.3, -0.25) is 11.3 Å². The van der Waals surface area contributed by atoms with Gasteiger partial charge in [0, 0.05) is 13.2 Å². The lowest BCUT2D eigenvalue weighted by molar-refractivity contribution is 0.0117. The monoisotopic (exact) mass is 280 g/mol. The quantitative estimate of drug-likeness (QED) is 0.539. The Hall–Kier alpha value is -1.10. The van der Waals surface area contributed by atoms with Crippen molar-refractivity contribution in [2.24, 2.45) is 5.84 Å². The van der Waals surface area contributed by atoms with E-state index in [1.807, 2.05) is 12.1 Å². The molecule has 4 nitrogen and oxygen atoms in total. The molecular formula is C16H28N2O2. The molecule has 1 rings (SSSR count). The van der Waals surface area contributed by atoms with Crippen molar-refractivity contribution < 1.29 is 9.47 Å². The Morgan fingerprint density at radius 3 is 2.70 bits per heavy atom. The summed E-state index contributed by atoms with van der Waals surface area (Å²) < 4.78 is 11.1. The Balaban J connectivity index is 2.69. The maximum atomic E-state index is 5.69. The number of hydrogen-bond donors (Lipinski definition) is 2. The second-order valence-corrected chi connectivity index (χ2v) is 5.64. The first-order chi connectivity index (χ1) is 9.52. The zero-order chi connectivity index (χ0) is 15.0. The average molecular weight is 280 g/mol. The maximum Gasteiger partial charge on any atom is 0.119 e. The Labute approximate surface area is 122 Å². The van der Waals surface area contributed by atoms with Crippen LogP contribution in [0.25, 0.3) is 0 Å². The molecule has 1 atom stereocenters. The summed E-state index contributed by atoms with van der Waals surface area (Å²) in [7, 11) is 1.74. The van der Waals surface area contributed by atoms with Crippen LogP contribution in [0.4, 0.5) is 0 Å². The first-order valence-electron chi connectivity index (χ1n) is 7.26. The molecule has 4 heteroatoms. The van der Waals surface area contributed by atoms with Crippen molar-refractivity contribution in [1.29, 1.82) is 0 Å². The second kappa shape index (κ2) is 8.25. The summed E-state index contributed by atoms with van der Waals surface area (Å²) in [5, 5.41) is 0. The van der Waals surface area contributed by atoms with Crippen molar-refractivity contribution in [1.82, 2.24) is 5.43 Å². The Bertz CT molecular complexity index is 394. The first kappa shape index (κ1) is 17.0. The van der Waals surface area contributed by atoms with Crippen LogP contribution in [0, 0.1) is 0 Å². The minimum atomic E-state index is -0.134. The summed E-state index contributed by atoms with van der Waals surface area (Å²) in [5.74, 6) is 6.59. The molecule has 0 aromatic heterocycles. The van der Waals surface area contributed by atoms with Gasteiger partial charge in [-0.1, -0.05) is 19.1 Å². The van der Waals surface area contributed by atoms with Gasteiger partial charge in [0.1, 0.15) is 5.75 Å². The molecule has 0 fully saturated rings. The molecule has 114 valence electrons. The molecule has 1 unspecified atom stereocenters. The number of nitrogens with two attached hydrogens (primary N) is 1. The van der Waals surface area contributed by atoms with Crippen LogP contribution in [0.2, 0.25) is 0 Å². The molecule has 0 spiro atoms. The third-order valence-corrected chi connectivity index (χ3v) is 3.52. The van der Waals surface area contributed by atoms with E-state index in [9.17, 15) is 0 Å². The summed E-state index contributed by atoms with van der Waals surface area (Å²) in [6.07, 6.45) is 2.85. The highest BCUT2D eigenvalue weighted by Gasteiger charge is 2.19. The highest BCUT2D eigenvalue weighted by atomic mass is 16.5. The number of nitrogens with one attached hydrogen (secondary N) is 1. The molecule has 0 heterocycles. The second-order valence-electron chi connectivity index (χ2n) is 5.64. The van der Waals surface area contributed by atoms with Crippen molar-refractivity contribution in [3.05, 3.63) is 29.8 Å². The van der Waals surface area contributed by atoms with E-state index < -0.39 is 0 Å². The molecule has 0 bridgehead atoms. The molecule has 0 aliphatic carbocycles. The number of hydrazine groups is 1. The zero-order valence-corrected chi connectivity index (χ0v) is 13.1. The lowest BCUT2D eigenvalue weighted by atomic mass is 9.95. The predicted molar refractivity (Wildman–Crippen MR) is 82.6 cm³/mol. The number of benzene rings is 1. The van der Waals surface area contributed by atoms with Crippen molar-refractivity contribution >= 4 is 0 Å². The van der Waals surface area contributed by atoms with Gasteiger partial charge in [0.15, 0.2) is 0 Å². The Kier molecular flexibility index (Phi) is 6.99. The highest BCUT2D eigenvalue weighted by molar-refractivity contribution is 5.30. The smallest absolute Gasteiger partial charge is 0.119 e. The molecule has 1 aromatic carbocycles. The van der Waals surface area contributed by atoms with Gasteiger partial charge in [-0.15, -0.1) is 0 Å². The highest BCUT2D eigenvalue weighted by Crippen LogP contribution is 2.26. The van der Waals surface area contributed by atoms with Crippen molar-refractivity contribution in [2.45, 2.75) is 51.7 Å². The fraction of sp³-hybridized carbons (Fsp3) is 0.625. The van der Waals surface area contributed by atoms with Crippen LogP contribution in [0.15, 0.2) is 24.3 Å². The van der Waals surface area contributed by atoms with Gasteiger partial charge in [-0.25, -0.2) is 0 Å². The Morgan fingerprint density at radius 1 is 1.35 bits per heavy atom. The third kappa shape index (κ3) is 5.49. The van der Waals surface area contributed by atoms with Crippen LogP contribution < -0.4 is 16.0 Å². The summed E-state index contributed by atoms with van der Waals surface area (Å²) >= 11 is 0. The van der Waals surface area contributed by atoms with E-state index in [1.165, 1.54) is 0 Å². The molecule has 1 aromatic rings. The predicted octanol–water partition coefficient (Wildman–Crippen LogP) is 3.19. The molecule has 0 aliphatic rings. The van der Waals surface area contributed by atoms with Crippen LogP contribution in [-0.2, 0) is 4.74 Å². The molecule has 0 amide bonds. The molecule has 0 radical (unpaired) electrons. The van der Waals surface area contributed by atoms with Crippen LogP contribution >= 0.6 is 0 Å². The molecular weight excluding hydrogens is 252 g/mol. The molecule has 3 N–H and O–H groups in total. The van der Waals surface area contributed by atoms with Crippen LogP contribution in [0.5, 0.6) is 5.75 Å². The molecule has 0 saturated heterocycles. The Morgan fingerprint density at radius 2 is 2.10 bits per heavy atom. The summed E-state index contributed by atoms with van der Waals surface area (Å²) in [6.45, 7) is 7.00. The zero-order valence-electron chi connectivity index (χ0n) is 13.1. The van der Waals surface area contributed by atoms with E-state index in [1.54, 1.807) is 7.11 Å². The number of rotatable bonds is 9. The average Bonchev–Trinajstić information content (AvgIpc) is 2.46. The van der Waals surface area contributed by atoms with E-state index in [-0.39, 0.29) is 11.6 Å². The fourth-order valence-electron chi connectivity index (χ4n) is 1.98. The van der Waals surface area contributed by atoms with Gasteiger partial charge in [-0.2, -0.15) is 0 Å². The number of hydrogen-bond acceptors (Lipinski definition) is 4. The minimum Gasteiger partial charge on any atom is -0.494 e. The SMILES string of the molecule is CCCOc1cccc(C(CCC(C)(C)OC)NN)c1. The van der Waals surface area contributed by atoms with Crippen LogP contribution in [0.1, 0.15) is 51.6 Å². The van der Waals surface area contributed by atoms with Gasteiger partial charge < -0.3 is 9.47 Å². The van der Waals surface area contributed by atoms with Crippen molar-refractivity contribution in [2.75, 3.05) is 13.7 Å². The van der Waals surface area contributed by atoms with Crippen LogP contribution in [-0.4, -0.2) is 19.3 Å². The van der Waals surface area contributed by atoms with Gasteiger partial charge in [0.05, 0.1) is 12.2 Å². The van der Waals surface area contributed by atoms with Gasteiger partial charge in [0.2, 0.25) is 0 Å². The number of ether oxygens (including phenoxy) is 2. The van der Waals surface area contributed by atoms with Gasteiger partial charge in [0.25, 0.3) is 0 Å². The van der Waals surface area contributed by atoms with Crippen molar-refractivity contribution in [3.8, 4) is 5.75 Å². The standard InChI is InChI=1S/C16H28N2O2/c1-5-11-20-14-8-6-7-13(12-14)15(18-17)9-10-16(2,3)19-4/h6-8,12,15,18H,5,9-11,17H2,1-4H3. The van der Waals surface area contributed by atoms with E-state index >= 15 is 0 Å². The summed E-state index contributed by atoms with van der Waals surface area (Å²) in [6, 6.07) is 8.22. The largest absolute Gasteiger partial charge is 0.494 e. The molecule has 0 aliphatic heterocycles. The summed E-state index contributed by atoms with van der Waals surface area (Å²) in [4.78, 5) is 0. The lowest BCUT2D eigenvalue weighted by Crippen LogP contribution is -2.31. The van der Waals surface area contributed by atoms with Crippen molar-refractivity contribution in [3.63, 3.8) is 0 Å². The van der Waals surface area contributed by atoms with E-state index in [0.717, 1.165) is 37.2 Å². The first-order valence-corrected chi connectivity index (χ1v) is 7.26. The minimum absolute atomic E-state index is 0.106. The lowest BCUT2D eigenvalue weighted by Gasteiger charge is -2.26. The normalized spacial score (nSPS) is 13.2. The van der Waals surface area contributed by atoms with Gasteiger partial charge >= 0.3 is 0 Å². The van der Waals surface area contributed by atoms with Gasteiger partial charge in [-0.05, 0) is 50.8 Å². The van der Waals surface area contributed by atoms with Crippen LogP contribution in [0.3, 0.4) is 0 Å². The molecule has 20 heavy (non-hydrogen) atoms. The van der Waals surface area contributed by atoms with E-state index in [4.69, 9.17) is 15.3 Å². The van der Waals surface area contributed by atoms with E-state index in [2.05, 4.69) is 38.3 Å². The topological polar surface area (TPSA) is 56.5 Å². The number of methoxy groups -OCH3 is 1. The fourth-order valence-corrected chi connectivity index (χ4v) is 1.98. The molecule has 0 saturated carbocycles.